The molecule has 0 radical (unpaired) electrons. The van der Waals surface area contributed by atoms with Gasteiger partial charge in [-0.3, -0.25) is 0 Å². The average Bonchev–Trinajstić information content (AvgIpc) is 3.14. The number of rotatable bonds is 4. The van der Waals surface area contributed by atoms with E-state index in [0.717, 1.165) is 21.7 Å². The highest BCUT2D eigenvalue weighted by Gasteiger charge is 2.18. The molecular formula is C16H19N5O3S. The fraction of sp³-hybridized carbons (Fsp3) is 0.312. The van der Waals surface area contributed by atoms with Crippen molar-refractivity contribution >= 4 is 34.2 Å². The topological polar surface area (TPSA) is 101 Å². The molecule has 9 heteroatoms. The van der Waals surface area contributed by atoms with Crippen LogP contribution < -0.4 is 11.0 Å². The quantitative estimate of drug-likeness (QED) is 0.611. The summed E-state index contributed by atoms with van der Waals surface area (Å²) >= 11 is 1.51. The zero-order valence-corrected chi connectivity index (χ0v) is 15.2. The van der Waals surface area contributed by atoms with E-state index in [0.29, 0.717) is 11.3 Å². The van der Waals surface area contributed by atoms with Crippen LogP contribution in [0.1, 0.15) is 26.5 Å². The zero-order valence-electron chi connectivity index (χ0n) is 14.3. The summed E-state index contributed by atoms with van der Waals surface area (Å²) in [5, 5.41) is 3.58. The monoisotopic (exact) mass is 361 g/mol. The van der Waals surface area contributed by atoms with Gasteiger partial charge in [0.2, 0.25) is 0 Å². The van der Waals surface area contributed by atoms with Gasteiger partial charge in [-0.1, -0.05) is 0 Å². The minimum absolute atomic E-state index is 0.610. The van der Waals surface area contributed by atoms with Gasteiger partial charge in [0.25, 0.3) is 0 Å². The molecule has 0 atom stereocenters. The predicted octanol–water partition coefficient (Wildman–Crippen LogP) is 3.78. The Bertz CT molecular complexity index is 897. The summed E-state index contributed by atoms with van der Waals surface area (Å²) in [6.07, 6.45) is 2.79. The minimum Gasteiger partial charge on any atom is -0.442 e. The highest BCUT2D eigenvalue weighted by atomic mass is 32.1. The molecule has 3 aromatic rings. The number of H-pyrrole nitrogens is 1. The Morgan fingerprint density at radius 1 is 1.36 bits per heavy atom. The molecule has 3 rings (SSSR count). The summed E-state index contributed by atoms with van der Waals surface area (Å²) < 4.78 is 5.12. The van der Waals surface area contributed by atoms with Crippen molar-refractivity contribution in [3.8, 4) is 10.6 Å². The summed E-state index contributed by atoms with van der Waals surface area (Å²) in [4.78, 5) is 28.7. The summed E-state index contributed by atoms with van der Waals surface area (Å²) in [6.45, 7) is 7.25. The minimum atomic E-state index is -0.689. The second-order valence-corrected chi connectivity index (χ2v) is 7.25. The predicted molar refractivity (Wildman–Crippen MR) is 96.0 cm³/mol. The van der Waals surface area contributed by atoms with Crippen LogP contribution in [-0.2, 0) is 9.68 Å². The molecule has 0 aromatic carbocycles. The van der Waals surface area contributed by atoms with E-state index in [2.05, 4.69) is 25.9 Å². The molecule has 0 unspecified atom stereocenters. The summed E-state index contributed by atoms with van der Waals surface area (Å²) in [5.41, 5.74) is 7.40. The molecule has 3 heterocycles. The van der Waals surface area contributed by atoms with E-state index in [4.69, 9.17) is 9.68 Å². The fourth-order valence-corrected chi connectivity index (χ4v) is 2.99. The van der Waals surface area contributed by atoms with Crippen LogP contribution in [-0.4, -0.2) is 26.6 Å². The Balaban J connectivity index is 1.82. The maximum atomic E-state index is 11.7. The zero-order chi connectivity index (χ0) is 18.0. The van der Waals surface area contributed by atoms with Crippen molar-refractivity contribution in [2.45, 2.75) is 33.3 Å². The average molecular weight is 361 g/mol. The Morgan fingerprint density at radius 3 is 2.84 bits per heavy atom. The lowest BCUT2D eigenvalue weighted by atomic mass is 10.2. The van der Waals surface area contributed by atoms with Crippen LogP contribution in [0.5, 0.6) is 0 Å². The Kier molecular flexibility index (Phi) is 4.60. The Hall–Kier alpha value is -2.65. The number of amides is 1. The molecule has 0 aliphatic carbocycles. The lowest BCUT2D eigenvalue weighted by molar-refractivity contribution is 0.00820. The number of anilines is 1. The van der Waals surface area contributed by atoms with Gasteiger partial charge >= 0.3 is 6.09 Å². The van der Waals surface area contributed by atoms with Crippen LogP contribution in [0.2, 0.25) is 0 Å². The van der Waals surface area contributed by atoms with E-state index < -0.39 is 11.7 Å². The van der Waals surface area contributed by atoms with Gasteiger partial charge in [0.1, 0.15) is 16.3 Å². The number of thiazole rings is 1. The first kappa shape index (κ1) is 17.2. The molecule has 0 aliphatic heterocycles. The first-order chi connectivity index (χ1) is 11.8. The number of aromatic amines is 1. The van der Waals surface area contributed by atoms with Crippen LogP contribution in [0.15, 0.2) is 23.8 Å². The third kappa shape index (κ3) is 4.06. The van der Waals surface area contributed by atoms with Crippen molar-refractivity contribution in [2.24, 2.45) is 0 Å². The number of aryl methyl sites for hydroxylation is 1. The first-order valence-electron chi connectivity index (χ1n) is 7.63. The first-order valence-corrected chi connectivity index (χ1v) is 8.51. The maximum absolute atomic E-state index is 11.7. The lowest BCUT2D eigenvalue weighted by Gasteiger charge is -2.19. The Morgan fingerprint density at radius 2 is 2.16 bits per heavy atom. The number of nitrogens with zero attached hydrogens (tertiary/aromatic N) is 2. The van der Waals surface area contributed by atoms with Gasteiger partial charge in [-0.15, -0.1) is 11.3 Å². The highest BCUT2D eigenvalue weighted by Crippen LogP contribution is 2.34. The van der Waals surface area contributed by atoms with Crippen LogP contribution in [0.3, 0.4) is 0 Å². The van der Waals surface area contributed by atoms with Crippen LogP contribution >= 0.6 is 11.3 Å². The number of carbonyl (C=O) groups is 1. The molecule has 1 amide bonds. The molecule has 0 aliphatic rings. The largest absolute Gasteiger partial charge is 0.442 e. The molecule has 0 saturated heterocycles. The number of ether oxygens (including phenoxy) is 1. The maximum Gasteiger partial charge on any atom is 0.433 e. The third-order valence-electron chi connectivity index (χ3n) is 3.12. The molecule has 3 N–H and O–H groups in total. The van der Waals surface area contributed by atoms with Crippen LogP contribution in [0, 0.1) is 6.92 Å². The normalized spacial score (nSPS) is 11.5. The molecule has 0 spiro atoms. The Labute approximate surface area is 148 Å². The standard InChI is InChI=1S/C16H19N5O3S/c1-9-8-25-14(19-9)11-7-18-13-10(5-6-17-13)12(11)20-24-21-15(22)23-16(2,3)4/h5-8H,1-4H3,(H,21,22)(H2,17,18,20). The van der Waals surface area contributed by atoms with Gasteiger partial charge in [-0.25, -0.2) is 20.2 Å². The van der Waals surface area contributed by atoms with Gasteiger partial charge in [0.05, 0.1) is 11.3 Å². The SMILES string of the molecule is Cc1csc(-c2cnc3[nH]ccc3c2NONC(=O)OC(C)(C)C)n1. The molecule has 132 valence electrons. The van der Waals surface area contributed by atoms with E-state index in [9.17, 15) is 4.79 Å². The third-order valence-corrected chi connectivity index (χ3v) is 4.12. The van der Waals surface area contributed by atoms with Crippen molar-refractivity contribution in [3.63, 3.8) is 0 Å². The number of hydrogen-bond acceptors (Lipinski definition) is 7. The van der Waals surface area contributed by atoms with Gasteiger partial charge < -0.3 is 9.72 Å². The smallest absolute Gasteiger partial charge is 0.433 e. The second kappa shape index (κ2) is 6.69. The van der Waals surface area contributed by atoms with Crippen molar-refractivity contribution in [1.82, 2.24) is 20.4 Å². The second-order valence-electron chi connectivity index (χ2n) is 6.39. The van der Waals surface area contributed by atoms with Gasteiger partial charge in [0, 0.05) is 28.9 Å². The molecule has 8 nitrogen and oxygen atoms in total. The van der Waals surface area contributed by atoms with Crippen molar-refractivity contribution in [3.05, 3.63) is 29.5 Å². The number of hydrogen-bond donors (Lipinski definition) is 3. The van der Waals surface area contributed by atoms with Crippen molar-refractivity contribution < 1.29 is 14.5 Å². The van der Waals surface area contributed by atoms with E-state index >= 15 is 0 Å². The molecule has 3 aromatic heterocycles. The lowest BCUT2D eigenvalue weighted by Crippen LogP contribution is -2.33. The van der Waals surface area contributed by atoms with E-state index in [-0.39, 0.29) is 0 Å². The molecule has 0 fully saturated rings. The van der Waals surface area contributed by atoms with Crippen LogP contribution in [0.25, 0.3) is 21.6 Å². The van der Waals surface area contributed by atoms with E-state index in [1.807, 2.05) is 18.4 Å². The highest BCUT2D eigenvalue weighted by molar-refractivity contribution is 7.13. The van der Waals surface area contributed by atoms with Crippen molar-refractivity contribution in [2.75, 3.05) is 5.48 Å². The number of hydroxylamine groups is 1. The van der Waals surface area contributed by atoms with Crippen LogP contribution in [0.4, 0.5) is 10.5 Å². The molecular weight excluding hydrogens is 342 g/mol. The number of pyridine rings is 1. The number of aromatic nitrogens is 3. The molecule has 0 saturated carbocycles. The number of fused-ring (bicyclic) bond motifs is 1. The van der Waals surface area contributed by atoms with Crippen molar-refractivity contribution in [1.29, 1.82) is 0 Å². The summed E-state index contributed by atoms with van der Waals surface area (Å²) in [5.74, 6) is 0. The summed E-state index contributed by atoms with van der Waals surface area (Å²) in [6, 6.07) is 1.87. The summed E-state index contributed by atoms with van der Waals surface area (Å²) in [7, 11) is 0. The number of carbonyl (C=O) groups excluding carboxylic acids is 1. The number of nitrogens with one attached hydrogen (secondary N) is 3. The van der Waals surface area contributed by atoms with E-state index in [1.165, 1.54) is 11.3 Å². The molecule has 0 bridgehead atoms. The fourth-order valence-electron chi connectivity index (χ4n) is 2.17. The van der Waals surface area contributed by atoms with Gasteiger partial charge in [-0.05, 0) is 33.8 Å². The molecule has 25 heavy (non-hydrogen) atoms. The van der Waals surface area contributed by atoms with E-state index in [1.54, 1.807) is 33.2 Å². The van der Waals surface area contributed by atoms with Gasteiger partial charge in [-0.2, -0.15) is 10.4 Å². The van der Waals surface area contributed by atoms with Gasteiger partial charge in [0.15, 0.2) is 0 Å².